The third kappa shape index (κ3) is 3.36. The number of hydrogen-bond acceptors (Lipinski definition) is 4. The molecule has 3 aromatic rings. The van der Waals surface area contributed by atoms with Gasteiger partial charge in [-0.1, -0.05) is 42.0 Å². The lowest BCUT2D eigenvalue weighted by atomic mass is 9.90. The summed E-state index contributed by atoms with van der Waals surface area (Å²) in [4.78, 5) is 13.9. The average molecular weight is 332 g/mol. The zero-order valence-corrected chi connectivity index (χ0v) is 14.3. The van der Waals surface area contributed by atoms with Gasteiger partial charge >= 0.3 is 0 Å². The van der Waals surface area contributed by atoms with Crippen LogP contribution in [-0.2, 0) is 19.4 Å². The van der Waals surface area contributed by atoms with Crippen LogP contribution in [0.25, 0.3) is 11.4 Å². The van der Waals surface area contributed by atoms with Crippen molar-refractivity contribution in [2.24, 2.45) is 0 Å². The summed E-state index contributed by atoms with van der Waals surface area (Å²) >= 11 is 0. The predicted octanol–water partition coefficient (Wildman–Crippen LogP) is 3.41. The first-order valence-corrected chi connectivity index (χ1v) is 8.69. The monoisotopic (exact) mass is 332 g/mol. The van der Waals surface area contributed by atoms with E-state index in [9.17, 15) is 4.79 Å². The van der Waals surface area contributed by atoms with E-state index in [4.69, 9.17) is 0 Å². The summed E-state index contributed by atoms with van der Waals surface area (Å²) < 4.78 is 0. The fourth-order valence-electron chi connectivity index (χ4n) is 3.26. The number of tetrazole rings is 1. The quantitative estimate of drug-likeness (QED) is 0.687. The van der Waals surface area contributed by atoms with Gasteiger partial charge in [0.15, 0.2) is 5.78 Å². The standard InChI is InChI=1S/C20H20N4O/c1-14-6-8-16(9-7-14)20-21-23-24(22-20)13-19(25)18-11-10-15-4-2-3-5-17(15)12-18/h6-12H,2-5,13H2,1H3. The van der Waals surface area contributed by atoms with Crippen LogP contribution in [0.1, 0.15) is 39.9 Å². The van der Waals surface area contributed by atoms with Gasteiger partial charge in [0, 0.05) is 11.1 Å². The number of benzene rings is 2. The van der Waals surface area contributed by atoms with Crippen LogP contribution >= 0.6 is 0 Å². The van der Waals surface area contributed by atoms with Gasteiger partial charge < -0.3 is 0 Å². The van der Waals surface area contributed by atoms with Crippen molar-refractivity contribution in [3.63, 3.8) is 0 Å². The Bertz CT molecular complexity index is 912. The molecular weight excluding hydrogens is 312 g/mol. The minimum atomic E-state index is 0.0150. The maximum absolute atomic E-state index is 12.6. The first-order valence-electron chi connectivity index (χ1n) is 8.69. The van der Waals surface area contributed by atoms with Crippen LogP contribution in [0.15, 0.2) is 42.5 Å². The van der Waals surface area contributed by atoms with Crippen molar-refractivity contribution in [2.75, 3.05) is 0 Å². The van der Waals surface area contributed by atoms with E-state index in [0.717, 1.165) is 24.0 Å². The zero-order chi connectivity index (χ0) is 17.2. The highest BCUT2D eigenvalue weighted by molar-refractivity contribution is 5.96. The molecule has 1 aliphatic carbocycles. The van der Waals surface area contributed by atoms with Gasteiger partial charge in [-0.2, -0.15) is 4.80 Å². The third-order valence-corrected chi connectivity index (χ3v) is 4.72. The normalized spacial score (nSPS) is 13.5. The van der Waals surface area contributed by atoms with Gasteiger partial charge in [-0.3, -0.25) is 4.79 Å². The first kappa shape index (κ1) is 15.7. The summed E-state index contributed by atoms with van der Waals surface area (Å²) in [6.07, 6.45) is 4.63. The van der Waals surface area contributed by atoms with Crippen LogP contribution in [0.2, 0.25) is 0 Å². The zero-order valence-electron chi connectivity index (χ0n) is 14.3. The maximum Gasteiger partial charge on any atom is 0.204 e. The molecule has 25 heavy (non-hydrogen) atoms. The lowest BCUT2D eigenvalue weighted by Crippen LogP contribution is -2.14. The number of hydrogen-bond donors (Lipinski definition) is 0. The summed E-state index contributed by atoms with van der Waals surface area (Å²) in [7, 11) is 0. The lowest BCUT2D eigenvalue weighted by Gasteiger charge is -2.16. The van der Waals surface area contributed by atoms with Crippen molar-refractivity contribution < 1.29 is 4.79 Å². The number of Topliss-reactive ketones (excluding diaryl/α,β-unsaturated/α-hetero) is 1. The number of fused-ring (bicyclic) bond motifs is 1. The number of nitrogens with zero attached hydrogens (tertiary/aromatic N) is 4. The van der Waals surface area contributed by atoms with Crippen molar-refractivity contribution in [3.8, 4) is 11.4 Å². The molecule has 1 heterocycles. The Morgan fingerprint density at radius 1 is 1.04 bits per heavy atom. The second-order valence-corrected chi connectivity index (χ2v) is 6.62. The number of carbonyl (C=O) groups excluding carboxylic acids is 1. The van der Waals surface area contributed by atoms with Crippen LogP contribution < -0.4 is 0 Å². The number of aryl methyl sites for hydroxylation is 3. The minimum Gasteiger partial charge on any atom is -0.292 e. The molecule has 126 valence electrons. The van der Waals surface area contributed by atoms with E-state index < -0.39 is 0 Å². The Balaban J connectivity index is 1.50. The summed E-state index contributed by atoms with van der Waals surface area (Å²) in [5.74, 6) is 0.555. The Hall–Kier alpha value is -2.82. The van der Waals surface area contributed by atoms with Crippen LogP contribution in [0.5, 0.6) is 0 Å². The van der Waals surface area contributed by atoms with Crippen LogP contribution in [0, 0.1) is 6.92 Å². The Labute approximate surface area is 146 Å². The number of rotatable bonds is 4. The summed E-state index contributed by atoms with van der Waals surface area (Å²) in [6, 6.07) is 14.0. The second-order valence-electron chi connectivity index (χ2n) is 6.62. The van der Waals surface area contributed by atoms with Crippen molar-refractivity contribution >= 4 is 5.78 Å². The Kier molecular flexibility index (Phi) is 4.14. The van der Waals surface area contributed by atoms with E-state index >= 15 is 0 Å². The number of aromatic nitrogens is 4. The van der Waals surface area contributed by atoms with E-state index in [2.05, 4.69) is 21.5 Å². The van der Waals surface area contributed by atoms with Gasteiger partial charge in [-0.15, -0.1) is 10.2 Å². The van der Waals surface area contributed by atoms with Gasteiger partial charge in [0.2, 0.25) is 5.82 Å². The maximum atomic E-state index is 12.6. The smallest absolute Gasteiger partial charge is 0.204 e. The van der Waals surface area contributed by atoms with Crippen molar-refractivity contribution in [2.45, 2.75) is 39.2 Å². The molecule has 0 amide bonds. The Morgan fingerprint density at radius 3 is 2.60 bits per heavy atom. The molecule has 0 bridgehead atoms. The predicted molar refractivity (Wildman–Crippen MR) is 95.4 cm³/mol. The van der Waals surface area contributed by atoms with E-state index in [1.807, 2.05) is 43.3 Å². The molecule has 0 spiro atoms. The van der Waals surface area contributed by atoms with E-state index in [1.54, 1.807) is 0 Å². The molecule has 2 aromatic carbocycles. The highest BCUT2D eigenvalue weighted by atomic mass is 16.1. The molecule has 0 unspecified atom stereocenters. The molecule has 4 rings (SSSR count). The molecule has 0 saturated heterocycles. The topological polar surface area (TPSA) is 60.7 Å². The molecule has 0 aliphatic heterocycles. The van der Waals surface area contributed by atoms with Gasteiger partial charge in [-0.05, 0) is 55.0 Å². The Morgan fingerprint density at radius 2 is 1.80 bits per heavy atom. The molecule has 0 radical (unpaired) electrons. The summed E-state index contributed by atoms with van der Waals surface area (Å²) in [5, 5.41) is 12.4. The fourth-order valence-corrected chi connectivity index (χ4v) is 3.26. The number of ketones is 1. The number of carbonyl (C=O) groups is 1. The fraction of sp³-hybridized carbons (Fsp3) is 0.300. The van der Waals surface area contributed by atoms with Crippen molar-refractivity contribution in [1.29, 1.82) is 0 Å². The third-order valence-electron chi connectivity index (χ3n) is 4.72. The molecule has 0 saturated carbocycles. The van der Waals surface area contributed by atoms with Crippen LogP contribution in [-0.4, -0.2) is 26.0 Å². The average Bonchev–Trinajstić information content (AvgIpc) is 3.10. The molecule has 5 nitrogen and oxygen atoms in total. The first-order chi connectivity index (χ1) is 12.2. The molecule has 0 fully saturated rings. The minimum absolute atomic E-state index is 0.0150. The highest BCUT2D eigenvalue weighted by Crippen LogP contribution is 2.22. The van der Waals surface area contributed by atoms with E-state index in [1.165, 1.54) is 34.3 Å². The van der Waals surface area contributed by atoms with Gasteiger partial charge in [0.1, 0.15) is 6.54 Å². The van der Waals surface area contributed by atoms with Gasteiger partial charge in [-0.25, -0.2) is 0 Å². The molecule has 5 heteroatoms. The summed E-state index contributed by atoms with van der Waals surface area (Å²) in [5.41, 5.74) is 5.50. The molecule has 1 aliphatic rings. The van der Waals surface area contributed by atoms with Gasteiger partial charge in [0.25, 0.3) is 0 Å². The van der Waals surface area contributed by atoms with Crippen LogP contribution in [0.3, 0.4) is 0 Å². The molecule has 0 atom stereocenters. The SMILES string of the molecule is Cc1ccc(-c2nnn(CC(=O)c3ccc4c(c3)CCCC4)n2)cc1. The highest BCUT2D eigenvalue weighted by Gasteiger charge is 2.15. The van der Waals surface area contributed by atoms with Crippen LogP contribution in [0.4, 0.5) is 0 Å². The lowest BCUT2D eigenvalue weighted by molar-refractivity contribution is 0.0961. The molecule has 0 N–H and O–H groups in total. The molecular formula is C20H20N4O. The van der Waals surface area contributed by atoms with Crippen molar-refractivity contribution in [3.05, 3.63) is 64.7 Å². The second kappa shape index (κ2) is 6.59. The van der Waals surface area contributed by atoms with E-state index in [0.29, 0.717) is 5.82 Å². The van der Waals surface area contributed by atoms with E-state index in [-0.39, 0.29) is 12.3 Å². The molecule has 1 aromatic heterocycles. The summed E-state index contributed by atoms with van der Waals surface area (Å²) in [6.45, 7) is 2.14. The van der Waals surface area contributed by atoms with Crippen molar-refractivity contribution in [1.82, 2.24) is 20.2 Å². The van der Waals surface area contributed by atoms with Gasteiger partial charge in [0.05, 0.1) is 0 Å². The largest absolute Gasteiger partial charge is 0.292 e.